The molecule has 4 atom stereocenters. The van der Waals surface area contributed by atoms with Gasteiger partial charge in [0.15, 0.2) is 5.82 Å². The van der Waals surface area contributed by atoms with Gasteiger partial charge in [-0.15, -0.1) is 11.3 Å². The molecule has 76 heavy (non-hydrogen) atoms. The van der Waals surface area contributed by atoms with Crippen LogP contribution >= 0.6 is 30.1 Å². The number of nitrogens with zero attached hydrogens (tertiary/aromatic N) is 8. The van der Waals surface area contributed by atoms with Gasteiger partial charge in [0.05, 0.1) is 65.0 Å². The number of β-amino-alcohol motifs (C(OH)–C–C–N with tert-alkyl or cyclic N) is 1. The fourth-order valence-corrected chi connectivity index (χ4v) is 12.7. The standard InChI is InChI=1S/C55H67ClN11O7PS/c1-33(2)50(47-26-34(3)63-74-47)54(71)67-31-40(68)28-45(67)53(70)60-44(36-12-14-37(15-13-36)51-35(4)58-32-76-51)29-49(69)66-24-22-65(23-25-66)38-18-20-64(21-19-38)39-16-17-42(46(27-39)73-5)61-55-57-30-41(56)52(62-55)59-43-10-8-9-11-48(43)75(6,7)72/h8-17,26-27,30,32-33,38,40,44-45,50,68H,18-25,28-29,31H2,1-7H3,(H,60,70)(H2,57,59,61,62)/t40-,44+,45+,50-/m1/s1. The summed E-state index contributed by atoms with van der Waals surface area (Å²) in [5, 5.41) is 25.6. The quantitative estimate of drug-likeness (QED) is 0.0632. The first kappa shape index (κ1) is 54.4. The number of piperazine rings is 1. The highest BCUT2D eigenvalue weighted by molar-refractivity contribution is 7.70. The lowest BCUT2D eigenvalue weighted by molar-refractivity contribution is -0.141. The normalized spacial score (nSPS) is 18.4. The number of para-hydroxylation sites is 1. The Bertz CT molecular complexity index is 3080. The van der Waals surface area contributed by atoms with Crippen molar-refractivity contribution in [3.63, 3.8) is 0 Å². The maximum absolute atomic E-state index is 14.4. The molecule has 0 saturated carbocycles. The second-order valence-electron chi connectivity index (χ2n) is 20.7. The molecular formula is C55H67ClN11O7PS. The number of aliphatic hydroxyl groups excluding tert-OH is 1. The summed E-state index contributed by atoms with van der Waals surface area (Å²) in [7, 11) is -0.953. The van der Waals surface area contributed by atoms with Crippen molar-refractivity contribution in [1.29, 1.82) is 0 Å². The summed E-state index contributed by atoms with van der Waals surface area (Å²) in [5.41, 5.74) is 7.53. The summed E-state index contributed by atoms with van der Waals surface area (Å²) in [4.78, 5) is 65.6. The van der Waals surface area contributed by atoms with Crippen LogP contribution in [0.15, 0.2) is 89.0 Å². The minimum atomic E-state index is -2.58. The summed E-state index contributed by atoms with van der Waals surface area (Å²) in [6, 6.07) is 21.8. The lowest BCUT2D eigenvalue weighted by Gasteiger charge is -2.43. The second kappa shape index (κ2) is 23.5. The van der Waals surface area contributed by atoms with Crippen LogP contribution in [0.25, 0.3) is 10.4 Å². The number of aromatic nitrogens is 4. The van der Waals surface area contributed by atoms with Gasteiger partial charge in [0.2, 0.25) is 23.7 Å². The summed E-state index contributed by atoms with van der Waals surface area (Å²) in [6.07, 6.45) is 2.64. The van der Waals surface area contributed by atoms with Gasteiger partial charge in [0.25, 0.3) is 0 Å². The number of carbonyl (C=O) groups is 3. The highest BCUT2D eigenvalue weighted by atomic mass is 35.5. The van der Waals surface area contributed by atoms with Crippen LogP contribution in [-0.4, -0.2) is 142 Å². The molecule has 0 aliphatic carbocycles. The SMILES string of the molecule is COc1cc(N2CCC(N3CCN(C(=O)C[C@H](NC(=O)[C@@H]4C[C@@H](O)CN4C(=O)[C@@H](c4cc(C)no4)C(C)C)c4ccc(-c5scnc5C)cc4)CC3)CC2)ccc1Nc1ncc(Cl)c(Nc2ccccc2P(C)(C)=O)n1. The van der Waals surface area contributed by atoms with Crippen molar-refractivity contribution < 1.29 is 33.3 Å². The van der Waals surface area contributed by atoms with Gasteiger partial charge in [0.1, 0.15) is 35.6 Å². The van der Waals surface area contributed by atoms with E-state index in [-0.39, 0.29) is 37.1 Å². The third-order valence-electron chi connectivity index (χ3n) is 14.7. The van der Waals surface area contributed by atoms with Crippen molar-refractivity contribution in [1.82, 2.24) is 40.1 Å². The Hall–Kier alpha value is -6.37. The lowest BCUT2D eigenvalue weighted by Crippen LogP contribution is -2.54. The summed E-state index contributed by atoms with van der Waals surface area (Å²) in [6.45, 7) is 15.3. The van der Waals surface area contributed by atoms with Crippen LogP contribution in [-0.2, 0) is 18.9 Å². The van der Waals surface area contributed by atoms with Gasteiger partial charge in [-0.1, -0.05) is 67.0 Å². The van der Waals surface area contributed by atoms with E-state index in [1.54, 1.807) is 44.8 Å². The van der Waals surface area contributed by atoms with E-state index in [0.29, 0.717) is 69.8 Å². The summed E-state index contributed by atoms with van der Waals surface area (Å²) in [5.74, 6) is 0.0829. The Morgan fingerprint density at radius 1 is 0.934 bits per heavy atom. The fourth-order valence-electron chi connectivity index (χ4n) is 10.6. The fraction of sp³-hybridized carbons (Fsp3) is 0.436. The maximum atomic E-state index is 14.4. The zero-order valence-electron chi connectivity index (χ0n) is 44.0. The van der Waals surface area contributed by atoms with Crippen molar-refractivity contribution >= 4 is 81.9 Å². The van der Waals surface area contributed by atoms with Crippen molar-refractivity contribution in [2.24, 2.45) is 5.92 Å². The molecule has 3 aliphatic heterocycles. The van der Waals surface area contributed by atoms with E-state index in [1.807, 2.05) is 91.8 Å². The number of aliphatic hydroxyl groups is 1. The van der Waals surface area contributed by atoms with Gasteiger partial charge < -0.3 is 49.6 Å². The number of piperidine rings is 1. The van der Waals surface area contributed by atoms with E-state index in [2.05, 4.69) is 51.9 Å². The second-order valence-corrected chi connectivity index (χ2v) is 25.1. The summed E-state index contributed by atoms with van der Waals surface area (Å²) < 4.78 is 24.4. The van der Waals surface area contributed by atoms with Crippen LogP contribution < -0.4 is 30.9 Å². The minimum absolute atomic E-state index is 0.00760. The molecule has 3 amide bonds. The third-order valence-corrected chi connectivity index (χ3v) is 17.5. The highest BCUT2D eigenvalue weighted by Crippen LogP contribution is 2.40. The smallest absolute Gasteiger partial charge is 0.243 e. The van der Waals surface area contributed by atoms with Crippen molar-refractivity contribution in [2.75, 3.05) is 81.8 Å². The van der Waals surface area contributed by atoms with E-state index in [9.17, 15) is 24.1 Å². The number of likely N-dealkylation sites (tertiary alicyclic amines) is 1. The molecule has 0 radical (unpaired) electrons. The Kier molecular flexibility index (Phi) is 16.8. The van der Waals surface area contributed by atoms with Crippen molar-refractivity contribution in [3.05, 3.63) is 112 Å². The van der Waals surface area contributed by atoms with Crippen LogP contribution in [0.5, 0.6) is 5.75 Å². The van der Waals surface area contributed by atoms with E-state index in [1.165, 1.54) is 11.1 Å². The molecule has 3 aromatic heterocycles. The third kappa shape index (κ3) is 12.4. The largest absolute Gasteiger partial charge is 0.494 e. The molecule has 0 spiro atoms. The van der Waals surface area contributed by atoms with Crippen LogP contribution in [0.2, 0.25) is 5.02 Å². The minimum Gasteiger partial charge on any atom is -0.494 e. The first-order chi connectivity index (χ1) is 36.4. The predicted molar refractivity (Wildman–Crippen MR) is 298 cm³/mol. The molecule has 3 saturated heterocycles. The number of anilines is 5. The van der Waals surface area contributed by atoms with E-state index in [4.69, 9.17) is 20.9 Å². The first-order valence-corrected chi connectivity index (χ1v) is 29.7. The molecule has 18 nitrogen and oxygen atoms in total. The van der Waals surface area contributed by atoms with Crippen LogP contribution in [0, 0.1) is 19.8 Å². The number of aryl methyl sites for hydroxylation is 2. The topological polar surface area (TPSA) is 211 Å². The van der Waals surface area contributed by atoms with E-state index in [0.717, 1.165) is 66.4 Å². The summed E-state index contributed by atoms with van der Waals surface area (Å²) >= 11 is 8.07. The average Bonchev–Trinajstić information content (AvgIpc) is 4.16. The zero-order valence-corrected chi connectivity index (χ0v) is 46.5. The first-order valence-electron chi connectivity index (χ1n) is 25.8. The van der Waals surface area contributed by atoms with Crippen molar-refractivity contribution in [2.45, 2.75) is 83.5 Å². The zero-order chi connectivity index (χ0) is 53.8. The molecular weight excluding hydrogens is 1030 g/mol. The van der Waals surface area contributed by atoms with Gasteiger partial charge in [-0.3, -0.25) is 19.3 Å². The Morgan fingerprint density at radius 2 is 1.67 bits per heavy atom. The molecule has 3 aliphatic rings. The molecule has 3 aromatic carbocycles. The predicted octanol–water partition coefficient (Wildman–Crippen LogP) is 8.36. The number of hydrogen-bond donors (Lipinski definition) is 4. The van der Waals surface area contributed by atoms with Gasteiger partial charge >= 0.3 is 0 Å². The monoisotopic (exact) mass is 1090 g/mol. The molecule has 0 bridgehead atoms. The van der Waals surface area contributed by atoms with Gasteiger partial charge in [0, 0.05) is 81.4 Å². The molecule has 4 N–H and O–H groups in total. The lowest BCUT2D eigenvalue weighted by atomic mass is 9.91. The molecule has 402 valence electrons. The number of methoxy groups -OCH3 is 1. The van der Waals surface area contributed by atoms with E-state index >= 15 is 0 Å². The van der Waals surface area contributed by atoms with Gasteiger partial charge in [-0.25, -0.2) is 9.97 Å². The number of amides is 3. The van der Waals surface area contributed by atoms with Gasteiger partial charge in [-0.05, 0) is 81.3 Å². The average molecular weight is 1090 g/mol. The molecule has 0 unspecified atom stereocenters. The Balaban J connectivity index is 0.814. The molecule has 21 heteroatoms. The number of hydrogen-bond acceptors (Lipinski definition) is 16. The highest BCUT2D eigenvalue weighted by Gasteiger charge is 2.44. The van der Waals surface area contributed by atoms with E-state index < -0.39 is 37.2 Å². The van der Waals surface area contributed by atoms with Crippen LogP contribution in [0.3, 0.4) is 0 Å². The number of carbonyl (C=O) groups excluding carboxylic acids is 3. The number of nitrogens with one attached hydrogen (secondary N) is 3. The van der Waals surface area contributed by atoms with Crippen LogP contribution in [0.4, 0.5) is 28.8 Å². The molecule has 9 rings (SSSR count). The number of halogens is 1. The van der Waals surface area contributed by atoms with Gasteiger partial charge in [-0.2, -0.15) is 4.98 Å². The van der Waals surface area contributed by atoms with Crippen molar-refractivity contribution in [3.8, 4) is 16.2 Å². The Morgan fingerprint density at radius 3 is 2.33 bits per heavy atom. The number of ether oxygens (including phenoxy) is 1. The molecule has 6 heterocycles. The number of benzene rings is 3. The van der Waals surface area contributed by atoms with Crippen LogP contribution in [0.1, 0.15) is 74.2 Å². The molecule has 6 aromatic rings. The maximum Gasteiger partial charge on any atom is 0.243 e. The number of rotatable bonds is 17. The molecule has 3 fully saturated rings. The number of thiazole rings is 1. The Labute approximate surface area is 452 Å².